The first-order valence-electron chi connectivity index (χ1n) is 9.52. The van der Waals surface area contributed by atoms with Crippen molar-refractivity contribution in [1.82, 2.24) is 4.90 Å². The Kier molecular flexibility index (Phi) is 16.3. The van der Waals surface area contributed by atoms with Crippen LogP contribution in [0.5, 0.6) is 0 Å². The van der Waals surface area contributed by atoms with Crippen molar-refractivity contribution in [3.05, 3.63) is 35.4 Å². The molecule has 1 aliphatic rings. The van der Waals surface area contributed by atoms with E-state index in [-0.39, 0.29) is 34.1 Å². The number of likely N-dealkylation sites (tertiary alicyclic amines) is 1. The Labute approximate surface area is 175 Å². The van der Waals surface area contributed by atoms with Gasteiger partial charge in [-0.15, -0.1) is 0 Å². The lowest BCUT2D eigenvalue weighted by Gasteiger charge is -2.35. The summed E-state index contributed by atoms with van der Waals surface area (Å²) in [6, 6.07) is 8.69. The van der Waals surface area contributed by atoms with Crippen molar-refractivity contribution in [3.63, 3.8) is 0 Å². The predicted molar refractivity (Wildman–Crippen MR) is 124 cm³/mol. The standard InChI is InChI=1S/C18H28N2O2.C3H8.2CH4.H2O.H2/c1-13-4-6-15(7-5-13)16-8-10-20(11-9-16)17(22)12-18(3,19)14(2)21;1-3-2;;;;/h4-7,14,16,21H,8-12,19H2,1-3H3;3H2,1-2H3;2*1H4;1H2;1H. The summed E-state index contributed by atoms with van der Waals surface area (Å²) in [5, 5.41) is 9.64. The molecule has 1 heterocycles. The van der Waals surface area contributed by atoms with Gasteiger partial charge in [-0.1, -0.05) is 65.0 Å². The largest absolute Gasteiger partial charge is 0.412 e. The zero-order chi connectivity index (χ0) is 19.0. The summed E-state index contributed by atoms with van der Waals surface area (Å²) < 4.78 is 0. The normalized spacial score (nSPS) is 16.8. The van der Waals surface area contributed by atoms with E-state index in [1.165, 1.54) is 17.5 Å². The summed E-state index contributed by atoms with van der Waals surface area (Å²) >= 11 is 0. The van der Waals surface area contributed by atoms with Crippen molar-refractivity contribution >= 4 is 5.91 Å². The summed E-state index contributed by atoms with van der Waals surface area (Å²) in [7, 11) is 0. The molecule has 1 amide bonds. The van der Waals surface area contributed by atoms with Crippen LogP contribution in [0.15, 0.2) is 24.3 Å². The maximum atomic E-state index is 12.3. The first kappa shape index (κ1) is 31.3. The third-order valence-corrected chi connectivity index (χ3v) is 4.88. The van der Waals surface area contributed by atoms with Gasteiger partial charge in [0.25, 0.3) is 0 Å². The highest BCUT2D eigenvalue weighted by Crippen LogP contribution is 2.29. The van der Waals surface area contributed by atoms with E-state index in [2.05, 4.69) is 45.0 Å². The summed E-state index contributed by atoms with van der Waals surface area (Å²) in [5.41, 5.74) is 7.79. The minimum absolute atomic E-state index is 0. The maximum absolute atomic E-state index is 12.3. The number of nitrogens with zero attached hydrogens (tertiary/aromatic N) is 1. The lowest BCUT2D eigenvalue weighted by Crippen LogP contribution is -2.51. The van der Waals surface area contributed by atoms with Gasteiger partial charge in [-0.2, -0.15) is 0 Å². The number of hydrogen-bond donors (Lipinski definition) is 2. The summed E-state index contributed by atoms with van der Waals surface area (Å²) in [6.45, 7) is 11.3. The number of nitrogens with two attached hydrogens (primary N) is 1. The van der Waals surface area contributed by atoms with E-state index in [1.807, 2.05) is 4.90 Å². The quantitative estimate of drug-likeness (QED) is 0.788. The molecular formula is C23H48N2O3. The lowest BCUT2D eigenvalue weighted by molar-refractivity contribution is -0.134. The van der Waals surface area contributed by atoms with Gasteiger partial charge in [0.1, 0.15) is 0 Å². The highest BCUT2D eigenvalue weighted by molar-refractivity contribution is 5.77. The van der Waals surface area contributed by atoms with Gasteiger partial charge < -0.3 is 21.2 Å². The zero-order valence-electron chi connectivity index (χ0n) is 17.1. The van der Waals surface area contributed by atoms with Gasteiger partial charge in [0.2, 0.25) is 5.91 Å². The van der Waals surface area contributed by atoms with E-state index in [9.17, 15) is 9.90 Å². The molecule has 0 aliphatic carbocycles. The molecule has 5 heteroatoms. The van der Waals surface area contributed by atoms with Crippen LogP contribution in [0.1, 0.15) is 86.7 Å². The number of carbonyl (C=O) groups excluding carboxylic acids is 1. The highest BCUT2D eigenvalue weighted by Gasteiger charge is 2.31. The molecule has 28 heavy (non-hydrogen) atoms. The molecule has 1 fully saturated rings. The molecule has 5 N–H and O–H groups in total. The Morgan fingerprint density at radius 1 is 1.25 bits per heavy atom. The van der Waals surface area contributed by atoms with Crippen LogP contribution in [0.3, 0.4) is 0 Å². The average molecular weight is 401 g/mol. The molecule has 1 aliphatic heterocycles. The van der Waals surface area contributed by atoms with E-state index >= 15 is 0 Å². The van der Waals surface area contributed by atoms with Crippen LogP contribution in [-0.2, 0) is 4.79 Å². The van der Waals surface area contributed by atoms with E-state index in [0.717, 1.165) is 25.9 Å². The number of carbonyl (C=O) groups is 1. The molecule has 2 atom stereocenters. The van der Waals surface area contributed by atoms with E-state index in [4.69, 9.17) is 5.73 Å². The number of benzene rings is 1. The van der Waals surface area contributed by atoms with Crippen LogP contribution >= 0.6 is 0 Å². The van der Waals surface area contributed by atoms with E-state index in [0.29, 0.717) is 5.92 Å². The number of amides is 1. The second kappa shape index (κ2) is 14.6. The highest BCUT2D eigenvalue weighted by atomic mass is 16.3. The summed E-state index contributed by atoms with van der Waals surface area (Å²) in [4.78, 5) is 14.2. The van der Waals surface area contributed by atoms with Crippen molar-refractivity contribution in [1.29, 1.82) is 0 Å². The van der Waals surface area contributed by atoms with Crippen LogP contribution in [0.2, 0.25) is 0 Å². The maximum Gasteiger partial charge on any atom is 0.224 e. The van der Waals surface area contributed by atoms with Gasteiger partial charge in [0, 0.05) is 26.5 Å². The fourth-order valence-electron chi connectivity index (χ4n) is 2.89. The topological polar surface area (TPSA) is 98.1 Å². The summed E-state index contributed by atoms with van der Waals surface area (Å²) in [6.07, 6.45) is 2.73. The molecule has 0 radical (unpaired) electrons. The third kappa shape index (κ3) is 9.67. The fraction of sp³-hybridized carbons (Fsp3) is 0.696. The smallest absolute Gasteiger partial charge is 0.224 e. The first-order valence-corrected chi connectivity index (χ1v) is 9.52. The van der Waals surface area contributed by atoms with Crippen molar-refractivity contribution in [3.8, 4) is 0 Å². The Morgan fingerprint density at radius 2 is 1.68 bits per heavy atom. The van der Waals surface area contributed by atoms with Crippen molar-refractivity contribution < 1.29 is 16.8 Å². The Bertz CT molecular complexity index is 525. The molecule has 2 rings (SSSR count). The molecule has 0 saturated carbocycles. The van der Waals surface area contributed by atoms with Gasteiger partial charge in [-0.05, 0) is 45.1 Å². The molecule has 5 nitrogen and oxygen atoms in total. The molecule has 2 unspecified atom stereocenters. The molecule has 168 valence electrons. The molecule has 0 spiro atoms. The number of rotatable bonds is 4. The fourth-order valence-corrected chi connectivity index (χ4v) is 2.89. The minimum Gasteiger partial charge on any atom is -0.412 e. The van der Waals surface area contributed by atoms with Crippen molar-refractivity contribution in [2.45, 2.75) is 92.7 Å². The van der Waals surface area contributed by atoms with Crippen LogP contribution < -0.4 is 5.73 Å². The number of aliphatic hydroxyl groups is 1. The van der Waals surface area contributed by atoms with Crippen molar-refractivity contribution in [2.24, 2.45) is 5.73 Å². The molecular weight excluding hydrogens is 352 g/mol. The average Bonchev–Trinajstić information content (AvgIpc) is 2.56. The van der Waals surface area contributed by atoms with Gasteiger partial charge in [0.15, 0.2) is 0 Å². The SMILES string of the molecule is C.C.CCC.Cc1ccc(C2CCN(C(=O)CC(C)(N)C(C)O)CC2)cc1.O.[HH]. The van der Waals surface area contributed by atoms with Crippen LogP contribution in [0.25, 0.3) is 0 Å². The van der Waals surface area contributed by atoms with Crippen LogP contribution in [0.4, 0.5) is 0 Å². The number of aryl methyl sites for hydroxylation is 1. The monoisotopic (exact) mass is 400 g/mol. The molecule has 0 aromatic heterocycles. The van der Waals surface area contributed by atoms with Gasteiger partial charge >= 0.3 is 0 Å². The number of piperidine rings is 1. The minimum atomic E-state index is -0.856. The third-order valence-electron chi connectivity index (χ3n) is 4.88. The van der Waals surface area contributed by atoms with Gasteiger partial charge in [0.05, 0.1) is 6.10 Å². The van der Waals surface area contributed by atoms with Gasteiger partial charge in [-0.25, -0.2) is 0 Å². The second-order valence-electron chi connectivity index (χ2n) is 7.63. The number of aliphatic hydroxyl groups excluding tert-OH is 1. The molecule has 1 saturated heterocycles. The summed E-state index contributed by atoms with van der Waals surface area (Å²) in [5.74, 6) is 0.582. The molecule has 1 aromatic rings. The predicted octanol–water partition coefficient (Wildman–Crippen LogP) is 4.30. The van der Waals surface area contributed by atoms with Crippen LogP contribution in [0, 0.1) is 6.92 Å². The Hall–Kier alpha value is -1.43. The first-order chi connectivity index (χ1) is 11.7. The zero-order valence-corrected chi connectivity index (χ0v) is 17.1. The number of hydrogen-bond acceptors (Lipinski definition) is 3. The Morgan fingerprint density at radius 3 is 2.07 bits per heavy atom. The lowest BCUT2D eigenvalue weighted by atomic mass is 9.88. The molecule has 1 aromatic carbocycles. The molecule has 0 bridgehead atoms. The van der Waals surface area contributed by atoms with E-state index < -0.39 is 11.6 Å². The second-order valence-corrected chi connectivity index (χ2v) is 7.63. The van der Waals surface area contributed by atoms with Crippen LogP contribution in [-0.4, -0.2) is 46.1 Å². The Balaban J connectivity index is -0.000000420. The van der Waals surface area contributed by atoms with E-state index in [1.54, 1.807) is 13.8 Å². The van der Waals surface area contributed by atoms with Crippen molar-refractivity contribution in [2.75, 3.05) is 13.1 Å². The van der Waals surface area contributed by atoms with Gasteiger partial charge in [-0.3, -0.25) is 4.79 Å².